The quantitative estimate of drug-likeness (QED) is 0.803. The number of hydrogen-bond donors (Lipinski definition) is 2. The van der Waals surface area contributed by atoms with Gasteiger partial charge in [0, 0.05) is 17.7 Å². The highest BCUT2D eigenvalue weighted by Gasteiger charge is 2.64. The molecule has 5 nitrogen and oxygen atoms in total. The third kappa shape index (κ3) is 2.44. The van der Waals surface area contributed by atoms with Crippen molar-refractivity contribution in [1.82, 2.24) is 0 Å². The minimum atomic E-state index is -3.99. The number of halogens is 3. The summed E-state index contributed by atoms with van der Waals surface area (Å²) in [6, 6.07) is 5.14. The monoisotopic (exact) mass is 367 g/mol. The number of carbonyl (C=O) groups is 2. The highest BCUT2D eigenvalue weighted by atomic mass is 19.2. The third-order valence-corrected chi connectivity index (χ3v) is 4.51. The average molecular weight is 367 g/mol. The van der Waals surface area contributed by atoms with Crippen molar-refractivity contribution in [2.75, 3.05) is 6.54 Å². The molecule has 0 amide bonds. The molecule has 0 heterocycles. The Labute approximate surface area is 146 Å². The first-order chi connectivity index (χ1) is 12.2. The van der Waals surface area contributed by atoms with Gasteiger partial charge in [0.1, 0.15) is 5.71 Å². The summed E-state index contributed by atoms with van der Waals surface area (Å²) in [5, 5.41) is 20.2. The Bertz CT molecular complexity index is 858. The number of carbonyl (C=O) groups excluding carboxylic acids is 2. The molecule has 138 valence electrons. The van der Waals surface area contributed by atoms with Gasteiger partial charge in [-0.25, -0.2) is 8.78 Å². The summed E-state index contributed by atoms with van der Waals surface area (Å²) in [5.74, 6) is -10.3. The number of Topliss-reactive ketones (excluding diaryl/α,β-unsaturated/α-hetero) is 2. The molecule has 2 aliphatic rings. The molecular formula is C18H16F3NO4. The maximum absolute atomic E-state index is 15.1. The minimum Gasteiger partial charge on any atom is -0.355 e. The Morgan fingerprint density at radius 1 is 1.08 bits per heavy atom. The number of ketones is 2. The van der Waals surface area contributed by atoms with Gasteiger partial charge in [-0.1, -0.05) is 37.6 Å². The number of rotatable bonds is 3. The molecule has 2 aliphatic carbocycles. The fraction of sp³-hybridized carbons (Fsp3) is 0.389. The fourth-order valence-electron chi connectivity index (χ4n) is 3.17. The van der Waals surface area contributed by atoms with E-state index in [-0.39, 0.29) is 17.7 Å². The number of alkyl halides is 3. The van der Waals surface area contributed by atoms with Gasteiger partial charge in [-0.3, -0.25) is 14.6 Å². The standard InChI is InChI=1S/C18H16F3NO4/c1-2-3-8-22-16-15(19)17(20,25)11-12(18(16,21)26)14(24)10-7-5-4-6-9(10)13(11)23/h4-7,15,25-26H,2-3,8H2,1H3. The van der Waals surface area contributed by atoms with Crippen LogP contribution in [0.1, 0.15) is 40.5 Å². The lowest BCUT2D eigenvalue weighted by atomic mass is 9.71. The Balaban J connectivity index is 2.26. The van der Waals surface area contributed by atoms with E-state index in [1.165, 1.54) is 24.3 Å². The first kappa shape index (κ1) is 18.5. The highest BCUT2D eigenvalue weighted by Crippen LogP contribution is 2.46. The Hall–Kier alpha value is -2.32. The summed E-state index contributed by atoms with van der Waals surface area (Å²) >= 11 is 0. The molecule has 0 spiro atoms. The molecular weight excluding hydrogens is 351 g/mol. The number of hydrogen-bond acceptors (Lipinski definition) is 5. The molecule has 0 radical (unpaired) electrons. The van der Waals surface area contributed by atoms with E-state index in [9.17, 15) is 28.6 Å². The van der Waals surface area contributed by atoms with Crippen LogP contribution in [0.2, 0.25) is 0 Å². The SMILES string of the molecule is CCCCN=C1C(F)C(O)(F)C2=C(C(=O)c3ccccc3C2=O)C1(O)F. The van der Waals surface area contributed by atoms with Gasteiger partial charge in [0.15, 0.2) is 11.6 Å². The predicted molar refractivity (Wildman–Crippen MR) is 86.4 cm³/mol. The van der Waals surface area contributed by atoms with E-state index in [0.29, 0.717) is 12.8 Å². The number of unbranched alkanes of at least 4 members (excludes halogenated alkanes) is 1. The summed E-state index contributed by atoms with van der Waals surface area (Å²) in [6.45, 7) is 1.64. The molecule has 0 saturated carbocycles. The second kappa shape index (κ2) is 6.14. The Morgan fingerprint density at radius 2 is 1.62 bits per heavy atom. The normalized spacial score (nSPS) is 32.7. The largest absolute Gasteiger partial charge is 0.355 e. The Morgan fingerprint density at radius 3 is 2.15 bits per heavy atom. The van der Waals surface area contributed by atoms with Gasteiger partial charge in [-0.05, 0) is 6.42 Å². The van der Waals surface area contributed by atoms with Crippen LogP contribution in [0.4, 0.5) is 13.2 Å². The molecule has 0 bridgehead atoms. The smallest absolute Gasteiger partial charge is 0.279 e. The lowest BCUT2D eigenvalue weighted by molar-refractivity contribution is -0.109. The van der Waals surface area contributed by atoms with Crippen LogP contribution < -0.4 is 0 Å². The molecule has 3 atom stereocenters. The van der Waals surface area contributed by atoms with Crippen LogP contribution in [0.25, 0.3) is 0 Å². The number of aliphatic hydroxyl groups is 2. The first-order valence-corrected chi connectivity index (χ1v) is 8.10. The van der Waals surface area contributed by atoms with Crippen molar-refractivity contribution >= 4 is 17.3 Å². The van der Waals surface area contributed by atoms with Gasteiger partial charge < -0.3 is 10.2 Å². The van der Waals surface area contributed by atoms with Gasteiger partial charge >= 0.3 is 0 Å². The number of benzene rings is 1. The molecule has 2 N–H and O–H groups in total. The second-order valence-electron chi connectivity index (χ2n) is 6.23. The molecule has 1 aromatic rings. The van der Waals surface area contributed by atoms with Gasteiger partial charge in [0.25, 0.3) is 11.7 Å². The average Bonchev–Trinajstić information content (AvgIpc) is 2.59. The second-order valence-corrected chi connectivity index (χ2v) is 6.23. The van der Waals surface area contributed by atoms with Crippen molar-refractivity contribution < 1.29 is 33.0 Å². The van der Waals surface area contributed by atoms with Crippen LogP contribution in [0.5, 0.6) is 0 Å². The third-order valence-electron chi connectivity index (χ3n) is 4.51. The molecule has 26 heavy (non-hydrogen) atoms. The minimum absolute atomic E-state index is 0.143. The molecule has 0 aromatic heterocycles. The van der Waals surface area contributed by atoms with Crippen molar-refractivity contribution in [2.45, 2.75) is 37.6 Å². The van der Waals surface area contributed by atoms with Crippen LogP contribution in [0.15, 0.2) is 40.4 Å². The van der Waals surface area contributed by atoms with E-state index in [1.807, 2.05) is 0 Å². The van der Waals surface area contributed by atoms with Gasteiger partial charge in [-0.15, -0.1) is 0 Å². The highest BCUT2D eigenvalue weighted by molar-refractivity contribution is 6.31. The van der Waals surface area contributed by atoms with Crippen LogP contribution in [-0.2, 0) is 0 Å². The lowest BCUT2D eigenvalue weighted by Gasteiger charge is -2.40. The van der Waals surface area contributed by atoms with Gasteiger partial charge in [0.05, 0.1) is 11.1 Å². The van der Waals surface area contributed by atoms with Crippen LogP contribution in [-0.4, -0.2) is 51.9 Å². The van der Waals surface area contributed by atoms with Crippen molar-refractivity contribution in [3.8, 4) is 0 Å². The van der Waals surface area contributed by atoms with Crippen molar-refractivity contribution in [3.63, 3.8) is 0 Å². The first-order valence-electron chi connectivity index (χ1n) is 8.10. The van der Waals surface area contributed by atoms with Crippen molar-refractivity contribution in [2.24, 2.45) is 4.99 Å². The molecule has 0 aliphatic heterocycles. The maximum atomic E-state index is 15.1. The van der Waals surface area contributed by atoms with Crippen LogP contribution in [0.3, 0.4) is 0 Å². The van der Waals surface area contributed by atoms with Crippen LogP contribution >= 0.6 is 0 Å². The number of nitrogens with zero attached hydrogens (tertiary/aromatic N) is 1. The zero-order chi connectivity index (χ0) is 19.3. The van der Waals surface area contributed by atoms with Crippen molar-refractivity contribution in [1.29, 1.82) is 0 Å². The van der Waals surface area contributed by atoms with E-state index in [1.54, 1.807) is 6.92 Å². The molecule has 0 saturated heterocycles. The van der Waals surface area contributed by atoms with E-state index >= 15 is 4.39 Å². The summed E-state index contributed by atoms with van der Waals surface area (Å²) < 4.78 is 44.4. The number of fused-ring (bicyclic) bond motifs is 1. The fourth-order valence-corrected chi connectivity index (χ4v) is 3.17. The molecule has 3 unspecified atom stereocenters. The topological polar surface area (TPSA) is 87.0 Å². The zero-order valence-electron chi connectivity index (χ0n) is 13.8. The van der Waals surface area contributed by atoms with E-state index in [4.69, 9.17) is 0 Å². The van der Waals surface area contributed by atoms with E-state index in [0.717, 1.165) is 0 Å². The summed E-state index contributed by atoms with van der Waals surface area (Å²) in [5.41, 5.74) is -4.67. The van der Waals surface area contributed by atoms with Gasteiger partial charge in [-0.2, -0.15) is 4.39 Å². The molecule has 8 heteroatoms. The molecule has 0 fully saturated rings. The molecule has 1 aromatic carbocycles. The van der Waals surface area contributed by atoms with E-state index < -0.39 is 46.3 Å². The van der Waals surface area contributed by atoms with Crippen molar-refractivity contribution in [3.05, 3.63) is 46.5 Å². The zero-order valence-corrected chi connectivity index (χ0v) is 13.8. The Kier molecular flexibility index (Phi) is 4.36. The van der Waals surface area contributed by atoms with Crippen LogP contribution in [0, 0.1) is 0 Å². The summed E-state index contributed by atoms with van der Waals surface area (Å²) in [7, 11) is 0. The predicted octanol–water partition coefficient (Wildman–Crippen LogP) is 2.27. The maximum Gasteiger partial charge on any atom is 0.279 e. The summed E-state index contributed by atoms with van der Waals surface area (Å²) in [6.07, 6.45) is -2.13. The summed E-state index contributed by atoms with van der Waals surface area (Å²) in [4.78, 5) is 28.7. The molecule has 3 rings (SSSR count). The lowest BCUT2D eigenvalue weighted by Crippen LogP contribution is -2.60. The number of aliphatic imine (C=N–C) groups is 1. The van der Waals surface area contributed by atoms with E-state index in [2.05, 4.69) is 4.99 Å². The van der Waals surface area contributed by atoms with Gasteiger partial charge in [0.2, 0.25) is 6.17 Å².